The van der Waals surface area contributed by atoms with Crippen LogP contribution in [0.1, 0.15) is 17.4 Å². The number of hydrogen-bond donors (Lipinski definition) is 2. The lowest BCUT2D eigenvalue weighted by Crippen LogP contribution is -2.27. The molecule has 108 valence electrons. The first-order chi connectivity index (χ1) is 8.54. The van der Waals surface area contributed by atoms with Gasteiger partial charge in [0.1, 0.15) is 17.1 Å². The van der Waals surface area contributed by atoms with E-state index in [1.807, 2.05) is 0 Å². The molecular weight excluding hydrogens is 287 g/mol. The fourth-order valence-electron chi connectivity index (χ4n) is 1.40. The van der Waals surface area contributed by atoms with Crippen molar-refractivity contribution in [2.45, 2.75) is 24.5 Å². The van der Waals surface area contributed by atoms with Gasteiger partial charge in [-0.3, -0.25) is 4.79 Å². The smallest absolute Gasteiger partial charge is 0.351 e. The Morgan fingerprint density at radius 3 is 2.47 bits per heavy atom. The van der Waals surface area contributed by atoms with Gasteiger partial charge in [-0.1, -0.05) is 0 Å². The molecule has 10 heteroatoms. The Bertz CT molecular complexity index is 577. The Hall–Kier alpha value is -1.55. The summed E-state index contributed by atoms with van der Waals surface area (Å²) in [5.74, 6) is -0.804. The Morgan fingerprint density at radius 1 is 1.47 bits per heavy atom. The van der Waals surface area contributed by atoms with Crippen molar-refractivity contribution in [2.75, 3.05) is 6.54 Å². The summed E-state index contributed by atoms with van der Waals surface area (Å²) in [7, 11) is -4.18. The van der Waals surface area contributed by atoms with Crippen molar-refractivity contribution >= 4 is 15.9 Å². The zero-order valence-corrected chi connectivity index (χ0v) is 10.7. The van der Waals surface area contributed by atoms with Crippen LogP contribution in [0.2, 0.25) is 0 Å². The summed E-state index contributed by atoms with van der Waals surface area (Å²) in [5.41, 5.74) is -0.414. The van der Waals surface area contributed by atoms with Crippen molar-refractivity contribution in [3.8, 4) is 0 Å². The molecule has 0 aliphatic carbocycles. The average molecular weight is 299 g/mol. The highest BCUT2D eigenvalue weighted by Gasteiger charge is 2.31. The molecule has 0 aromatic carbocycles. The zero-order valence-electron chi connectivity index (χ0n) is 9.86. The normalized spacial score (nSPS) is 12.5. The third-order valence-electron chi connectivity index (χ3n) is 2.12. The molecule has 0 unspecified atom stereocenters. The number of primary sulfonamides is 1. The summed E-state index contributed by atoms with van der Waals surface area (Å²) >= 11 is 0. The predicted molar refractivity (Wildman–Crippen MR) is 59.9 cm³/mol. The van der Waals surface area contributed by atoms with Crippen molar-refractivity contribution in [2.24, 2.45) is 5.14 Å². The van der Waals surface area contributed by atoms with Crippen molar-refractivity contribution < 1.29 is 26.4 Å². The molecule has 0 atom stereocenters. The SMILES string of the molecule is CCNC(=O)c1cc(S(N)(=O)=O)cn1CC(F)(F)F. The van der Waals surface area contributed by atoms with Gasteiger partial charge < -0.3 is 9.88 Å². The summed E-state index contributed by atoms with van der Waals surface area (Å²) in [6, 6.07) is 0.812. The van der Waals surface area contributed by atoms with Crippen molar-refractivity contribution in [1.29, 1.82) is 0 Å². The number of hydrogen-bond acceptors (Lipinski definition) is 3. The summed E-state index contributed by atoms with van der Waals surface area (Å²) in [6.45, 7) is 0.297. The predicted octanol–water partition coefficient (Wildman–Crippen LogP) is 0.448. The number of nitrogens with zero attached hydrogens (tertiary/aromatic N) is 1. The molecule has 1 heterocycles. The second-order valence-corrected chi connectivity index (χ2v) is 5.27. The zero-order chi connectivity index (χ0) is 14.8. The number of nitrogens with one attached hydrogen (secondary N) is 1. The number of sulfonamides is 1. The lowest BCUT2D eigenvalue weighted by molar-refractivity contribution is -0.140. The van der Waals surface area contributed by atoms with Gasteiger partial charge in [-0.05, 0) is 13.0 Å². The van der Waals surface area contributed by atoms with E-state index >= 15 is 0 Å². The van der Waals surface area contributed by atoms with E-state index in [9.17, 15) is 26.4 Å². The lowest BCUT2D eigenvalue weighted by Gasteiger charge is -2.11. The minimum atomic E-state index is -4.59. The van der Waals surface area contributed by atoms with E-state index in [1.54, 1.807) is 6.92 Å². The number of aromatic nitrogens is 1. The minimum Gasteiger partial charge on any atom is -0.351 e. The van der Waals surface area contributed by atoms with E-state index < -0.39 is 39.2 Å². The molecule has 0 radical (unpaired) electrons. The third-order valence-corrected chi connectivity index (χ3v) is 3.00. The van der Waals surface area contributed by atoms with Crippen molar-refractivity contribution in [3.63, 3.8) is 0 Å². The molecule has 1 aromatic rings. The highest BCUT2D eigenvalue weighted by atomic mass is 32.2. The Kier molecular flexibility index (Phi) is 4.25. The second-order valence-electron chi connectivity index (χ2n) is 3.71. The minimum absolute atomic E-state index is 0.195. The Balaban J connectivity index is 3.26. The van der Waals surface area contributed by atoms with Crippen LogP contribution in [0.15, 0.2) is 17.2 Å². The maximum Gasteiger partial charge on any atom is 0.406 e. The second kappa shape index (κ2) is 5.21. The number of halogens is 3. The first-order valence-corrected chi connectivity index (χ1v) is 6.67. The van der Waals surface area contributed by atoms with Gasteiger partial charge in [0.25, 0.3) is 5.91 Å². The van der Waals surface area contributed by atoms with Gasteiger partial charge in [0.15, 0.2) is 0 Å². The molecule has 6 nitrogen and oxygen atoms in total. The molecule has 3 N–H and O–H groups in total. The van der Waals surface area contributed by atoms with Gasteiger partial charge in [0.2, 0.25) is 10.0 Å². The number of rotatable bonds is 4. The van der Waals surface area contributed by atoms with Crippen LogP contribution < -0.4 is 10.5 Å². The summed E-state index contributed by atoms with van der Waals surface area (Å²) in [5, 5.41) is 7.11. The van der Waals surface area contributed by atoms with E-state index in [0.29, 0.717) is 10.8 Å². The van der Waals surface area contributed by atoms with Gasteiger partial charge in [-0.25, -0.2) is 13.6 Å². The van der Waals surface area contributed by atoms with E-state index in [0.717, 1.165) is 6.07 Å². The summed E-state index contributed by atoms with van der Waals surface area (Å²) in [4.78, 5) is 11.0. The topological polar surface area (TPSA) is 94.2 Å². The number of nitrogens with two attached hydrogens (primary N) is 1. The molecule has 19 heavy (non-hydrogen) atoms. The molecule has 1 aromatic heterocycles. The molecule has 0 saturated heterocycles. The van der Waals surface area contributed by atoms with Gasteiger partial charge >= 0.3 is 6.18 Å². The molecule has 0 aliphatic heterocycles. The van der Waals surface area contributed by atoms with Crippen molar-refractivity contribution in [3.05, 3.63) is 18.0 Å². The van der Waals surface area contributed by atoms with Crippen LogP contribution in [-0.4, -0.2) is 31.6 Å². The van der Waals surface area contributed by atoms with Crippen molar-refractivity contribution in [1.82, 2.24) is 9.88 Å². The van der Waals surface area contributed by atoms with Crippen LogP contribution in [0.4, 0.5) is 13.2 Å². The monoisotopic (exact) mass is 299 g/mol. The lowest BCUT2D eigenvalue weighted by atomic mass is 10.4. The molecule has 0 aliphatic rings. The Morgan fingerprint density at radius 2 is 2.05 bits per heavy atom. The number of alkyl halides is 3. The standard InChI is InChI=1S/C9H12F3N3O3S/c1-2-14-8(16)7-3-6(19(13,17)18)4-15(7)5-9(10,11)12/h3-4H,2,5H2,1H3,(H,14,16)(H2,13,17,18). The maximum atomic E-state index is 12.3. The van der Waals surface area contributed by atoms with E-state index in [2.05, 4.69) is 5.32 Å². The average Bonchev–Trinajstić information content (AvgIpc) is 2.58. The fraction of sp³-hybridized carbons (Fsp3) is 0.444. The Labute approximate surface area is 107 Å². The van der Waals surface area contributed by atoms with E-state index in [1.165, 1.54) is 0 Å². The molecule has 0 bridgehead atoms. The highest BCUT2D eigenvalue weighted by molar-refractivity contribution is 7.89. The molecule has 0 spiro atoms. The van der Waals surface area contributed by atoms with Crippen LogP contribution in [0.25, 0.3) is 0 Å². The highest BCUT2D eigenvalue weighted by Crippen LogP contribution is 2.21. The van der Waals surface area contributed by atoms with Gasteiger partial charge in [-0.2, -0.15) is 13.2 Å². The molecule has 1 amide bonds. The van der Waals surface area contributed by atoms with Crippen LogP contribution in [0, 0.1) is 0 Å². The number of carbonyl (C=O) groups excluding carboxylic acids is 1. The van der Waals surface area contributed by atoms with Crippen LogP contribution >= 0.6 is 0 Å². The number of carbonyl (C=O) groups is 1. The van der Waals surface area contributed by atoms with Crippen LogP contribution in [0.3, 0.4) is 0 Å². The largest absolute Gasteiger partial charge is 0.406 e. The first-order valence-electron chi connectivity index (χ1n) is 5.12. The molecule has 1 rings (SSSR count). The molecule has 0 fully saturated rings. The van der Waals surface area contributed by atoms with Gasteiger partial charge in [0, 0.05) is 12.7 Å². The molecular formula is C9H12F3N3O3S. The summed E-state index contributed by atoms with van der Waals surface area (Å²) in [6.07, 6.45) is -3.90. The number of amides is 1. The first kappa shape index (κ1) is 15.5. The summed E-state index contributed by atoms with van der Waals surface area (Å²) < 4.78 is 59.7. The third kappa shape index (κ3) is 4.24. The fourth-order valence-corrected chi connectivity index (χ4v) is 1.95. The van der Waals surface area contributed by atoms with E-state index in [4.69, 9.17) is 5.14 Å². The van der Waals surface area contributed by atoms with Crippen LogP contribution in [0.5, 0.6) is 0 Å². The quantitative estimate of drug-likeness (QED) is 0.845. The maximum absolute atomic E-state index is 12.3. The van der Waals surface area contributed by atoms with E-state index in [-0.39, 0.29) is 6.54 Å². The van der Waals surface area contributed by atoms with Gasteiger partial charge in [-0.15, -0.1) is 0 Å². The van der Waals surface area contributed by atoms with Gasteiger partial charge in [0.05, 0.1) is 0 Å². The molecule has 0 saturated carbocycles. The van der Waals surface area contributed by atoms with Crippen LogP contribution in [-0.2, 0) is 16.6 Å².